The second kappa shape index (κ2) is 6.21. The molecule has 0 heterocycles. The van der Waals surface area contributed by atoms with Crippen LogP contribution in [0.2, 0.25) is 0 Å². The predicted octanol–water partition coefficient (Wildman–Crippen LogP) is 0.266. The first-order chi connectivity index (χ1) is 2.77. The van der Waals surface area contributed by atoms with Gasteiger partial charge in [-0.15, -0.1) is 6.58 Å². The van der Waals surface area contributed by atoms with Gasteiger partial charge in [0.05, 0.1) is 6.42 Å². The molecule has 0 amide bonds. The van der Waals surface area contributed by atoms with Crippen molar-refractivity contribution in [2.24, 2.45) is 0 Å². The molecule has 0 aliphatic carbocycles. The molecule has 0 aromatic heterocycles. The molecule has 0 aromatic rings. The maximum absolute atomic E-state index is 9.53. The smallest absolute Gasteiger partial charge is 0.307 e. The van der Waals surface area contributed by atoms with Gasteiger partial charge < -0.3 is 5.11 Å². The fourth-order valence-corrected chi connectivity index (χ4v) is 0.123. The molecule has 1 radical (unpaired) electrons. The molecule has 0 aliphatic rings. The minimum absolute atomic E-state index is 0. The fourth-order valence-electron chi connectivity index (χ4n) is 0.123. The molecule has 0 aliphatic heterocycles. The average Bonchev–Trinajstić information content (AvgIpc) is 1.35. The number of aliphatic carboxylic acids is 1. The van der Waals surface area contributed by atoms with Crippen molar-refractivity contribution in [1.82, 2.24) is 0 Å². The molecule has 0 saturated heterocycles. The zero-order chi connectivity index (χ0) is 4.99. The third-order valence-corrected chi connectivity index (χ3v) is 0.319. The van der Waals surface area contributed by atoms with Crippen LogP contribution in [0.1, 0.15) is 6.42 Å². The molecule has 0 rings (SSSR count). The molecule has 2 nitrogen and oxygen atoms in total. The number of hydrogen-bond donors (Lipinski definition) is 1. The van der Waals surface area contributed by atoms with Gasteiger partial charge in [0, 0.05) is 29.6 Å². The molecule has 0 aromatic carbocycles. The van der Waals surface area contributed by atoms with Crippen molar-refractivity contribution in [3.8, 4) is 0 Å². The SMILES string of the molecule is C=CCC(=O)O.[Na]. The molecule has 35 valence electrons. The van der Waals surface area contributed by atoms with Crippen molar-refractivity contribution in [1.29, 1.82) is 0 Å². The third kappa shape index (κ3) is 10.7. The van der Waals surface area contributed by atoms with Crippen LogP contribution in [0.3, 0.4) is 0 Å². The normalized spacial score (nSPS) is 6.29. The summed E-state index contributed by atoms with van der Waals surface area (Å²) in [7, 11) is 0. The number of carboxylic acid groups (broad SMARTS) is 1. The zero-order valence-electron chi connectivity index (χ0n) is 4.35. The van der Waals surface area contributed by atoms with Gasteiger partial charge in [-0.3, -0.25) is 4.79 Å². The van der Waals surface area contributed by atoms with Crippen LogP contribution in [0.4, 0.5) is 0 Å². The molecule has 3 heteroatoms. The first-order valence-corrected chi connectivity index (χ1v) is 1.60. The van der Waals surface area contributed by atoms with Gasteiger partial charge in [0.2, 0.25) is 0 Å². The molecular formula is C4H6NaO2. The Morgan fingerprint density at radius 3 is 2.29 bits per heavy atom. The van der Waals surface area contributed by atoms with Crippen LogP contribution in [0.15, 0.2) is 12.7 Å². The van der Waals surface area contributed by atoms with E-state index in [0.29, 0.717) is 0 Å². The molecule has 0 bridgehead atoms. The number of carbonyl (C=O) groups is 1. The summed E-state index contributed by atoms with van der Waals surface area (Å²) in [4.78, 5) is 9.53. The average molecular weight is 109 g/mol. The van der Waals surface area contributed by atoms with Gasteiger partial charge in [0.1, 0.15) is 0 Å². The van der Waals surface area contributed by atoms with E-state index in [2.05, 4.69) is 6.58 Å². The van der Waals surface area contributed by atoms with E-state index in [9.17, 15) is 4.79 Å². The minimum atomic E-state index is -0.829. The van der Waals surface area contributed by atoms with Gasteiger partial charge in [0.15, 0.2) is 0 Å². The van der Waals surface area contributed by atoms with E-state index in [1.807, 2.05) is 0 Å². The second-order valence-corrected chi connectivity index (χ2v) is 0.887. The Balaban J connectivity index is 0. The van der Waals surface area contributed by atoms with Crippen molar-refractivity contribution >= 4 is 35.5 Å². The Bertz CT molecular complexity index is 70.1. The molecule has 0 atom stereocenters. The maximum Gasteiger partial charge on any atom is 0.307 e. The van der Waals surface area contributed by atoms with E-state index < -0.39 is 5.97 Å². The van der Waals surface area contributed by atoms with E-state index in [4.69, 9.17) is 5.11 Å². The zero-order valence-corrected chi connectivity index (χ0v) is 6.35. The topological polar surface area (TPSA) is 37.3 Å². The van der Waals surface area contributed by atoms with Crippen molar-refractivity contribution < 1.29 is 9.90 Å². The molecule has 0 fully saturated rings. The van der Waals surface area contributed by atoms with Crippen LogP contribution >= 0.6 is 0 Å². The summed E-state index contributed by atoms with van der Waals surface area (Å²) in [6.07, 6.45) is 1.41. The van der Waals surface area contributed by atoms with Crippen LogP contribution in [0.25, 0.3) is 0 Å². The summed E-state index contributed by atoms with van der Waals surface area (Å²) in [5.74, 6) is -0.829. The van der Waals surface area contributed by atoms with Crippen LogP contribution in [0.5, 0.6) is 0 Å². The predicted molar refractivity (Wildman–Crippen MR) is 28.2 cm³/mol. The quantitative estimate of drug-likeness (QED) is 0.408. The largest absolute Gasteiger partial charge is 0.481 e. The van der Waals surface area contributed by atoms with E-state index in [1.54, 1.807) is 0 Å². The van der Waals surface area contributed by atoms with E-state index in [0.717, 1.165) is 0 Å². The van der Waals surface area contributed by atoms with Gasteiger partial charge in [0.25, 0.3) is 0 Å². The Labute approximate surface area is 64.5 Å². The summed E-state index contributed by atoms with van der Waals surface area (Å²) in [6, 6.07) is 0. The van der Waals surface area contributed by atoms with Gasteiger partial charge >= 0.3 is 5.97 Å². The summed E-state index contributed by atoms with van der Waals surface area (Å²) in [5, 5.41) is 7.84. The molecule has 0 saturated carbocycles. The monoisotopic (exact) mass is 109 g/mol. The summed E-state index contributed by atoms with van der Waals surface area (Å²) < 4.78 is 0. The van der Waals surface area contributed by atoms with Crippen LogP contribution in [0, 0.1) is 0 Å². The first-order valence-electron chi connectivity index (χ1n) is 1.60. The fraction of sp³-hybridized carbons (Fsp3) is 0.250. The number of carboxylic acids is 1. The van der Waals surface area contributed by atoms with Crippen molar-refractivity contribution in [3.05, 3.63) is 12.7 Å². The molecular weight excluding hydrogens is 103 g/mol. The molecule has 1 N–H and O–H groups in total. The number of rotatable bonds is 2. The Morgan fingerprint density at radius 2 is 2.29 bits per heavy atom. The van der Waals surface area contributed by atoms with E-state index in [1.165, 1.54) is 6.08 Å². The van der Waals surface area contributed by atoms with Crippen molar-refractivity contribution in [2.45, 2.75) is 6.42 Å². The first kappa shape index (κ1) is 10.2. The summed E-state index contributed by atoms with van der Waals surface area (Å²) in [5.41, 5.74) is 0. The van der Waals surface area contributed by atoms with Gasteiger partial charge in [-0.1, -0.05) is 6.08 Å². The van der Waals surface area contributed by atoms with Crippen LogP contribution < -0.4 is 0 Å². The maximum atomic E-state index is 9.53. The Hall–Kier alpha value is 0.210. The van der Waals surface area contributed by atoms with E-state index in [-0.39, 0.29) is 36.0 Å². The Morgan fingerprint density at radius 1 is 1.86 bits per heavy atom. The molecule has 0 spiro atoms. The Kier molecular flexibility index (Phi) is 9.09. The van der Waals surface area contributed by atoms with Gasteiger partial charge in [-0.25, -0.2) is 0 Å². The standard InChI is InChI=1S/C4H6O2.Na/c1-2-3-4(5)6;/h2H,1,3H2,(H,5,6);. The van der Waals surface area contributed by atoms with Crippen molar-refractivity contribution in [3.63, 3.8) is 0 Å². The van der Waals surface area contributed by atoms with Gasteiger partial charge in [-0.05, 0) is 0 Å². The van der Waals surface area contributed by atoms with Crippen LogP contribution in [-0.2, 0) is 4.79 Å². The second-order valence-electron chi connectivity index (χ2n) is 0.887. The third-order valence-electron chi connectivity index (χ3n) is 0.319. The molecule has 0 unspecified atom stereocenters. The summed E-state index contributed by atoms with van der Waals surface area (Å²) in [6.45, 7) is 3.22. The number of hydrogen-bond acceptors (Lipinski definition) is 1. The minimum Gasteiger partial charge on any atom is -0.481 e. The van der Waals surface area contributed by atoms with Gasteiger partial charge in [-0.2, -0.15) is 0 Å². The molecule has 7 heavy (non-hydrogen) atoms. The van der Waals surface area contributed by atoms with E-state index >= 15 is 0 Å². The van der Waals surface area contributed by atoms with Crippen LogP contribution in [-0.4, -0.2) is 40.6 Å². The van der Waals surface area contributed by atoms with Crippen molar-refractivity contribution in [2.75, 3.05) is 0 Å². The summed E-state index contributed by atoms with van der Waals surface area (Å²) >= 11 is 0.